The first kappa shape index (κ1) is 22.8. The summed E-state index contributed by atoms with van der Waals surface area (Å²) in [6.07, 6.45) is 6.08. The minimum atomic E-state index is -0.322. The Balaban J connectivity index is 1.41. The van der Waals surface area contributed by atoms with Gasteiger partial charge in [-0.1, -0.05) is 49.6 Å². The number of nitrogens with one attached hydrogen (secondary N) is 2. The Bertz CT molecular complexity index is 1130. The van der Waals surface area contributed by atoms with Gasteiger partial charge in [-0.3, -0.25) is 19.0 Å². The van der Waals surface area contributed by atoms with Crippen molar-refractivity contribution in [3.63, 3.8) is 0 Å². The first-order valence-corrected chi connectivity index (χ1v) is 11.7. The van der Waals surface area contributed by atoms with Gasteiger partial charge >= 0.3 is 0 Å². The number of hydrogen-bond acceptors (Lipinski definition) is 4. The molecule has 0 saturated heterocycles. The number of aromatic nitrogens is 4. The molecule has 4 rings (SSSR count). The van der Waals surface area contributed by atoms with Crippen LogP contribution in [-0.4, -0.2) is 31.4 Å². The zero-order valence-electron chi connectivity index (χ0n) is 19.6. The van der Waals surface area contributed by atoms with E-state index >= 15 is 0 Å². The first-order chi connectivity index (χ1) is 15.9. The molecule has 0 unspecified atom stereocenters. The second kappa shape index (κ2) is 10.0. The molecule has 1 fully saturated rings. The zero-order chi connectivity index (χ0) is 23.4. The number of aryl methyl sites for hydroxylation is 4. The number of carbonyl (C=O) groups is 2. The standard InChI is InChI=1S/C25H32N6O2/c1-17-23(18(2)31(28-17)15-14-19-10-6-4-7-11-19)27-25(33)21-16-22(30(3)29-21)26-24(32)20-12-8-5-9-13-20/h4,6-7,10-11,16,20H,5,8-9,12-15H2,1-3H3,(H,26,32)(H,27,33). The van der Waals surface area contributed by atoms with Crippen LogP contribution in [0.2, 0.25) is 0 Å². The van der Waals surface area contributed by atoms with E-state index in [4.69, 9.17) is 0 Å². The lowest BCUT2D eigenvalue weighted by Gasteiger charge is -2.20. The quantitative estimate of drug-likeness (QED) is 0.565. The van der Waals surface area contributed by atoms with Crippen molar-refractivity contribution in [2.45, 2.75) is 58.9 Å². The summed E-state index contributed by atoms with van der Waals surface area (Å²) in [6, 6.07) is 11.9. The Labute approximate surface area is 194 Å². The van der Waals surface area contributed by atoms with Crippen molar-refractivity contribution in [1.29, 1.82) is 0 Å². The van der Waals surface area contributed by atoms with Crippen molar-refractivity contribution >= 4 is 23.3 Å². The van der Waals surface area contributed by atoms with Gasteiger partial charge in [0.05, 0.1) is 17.1 Å². The number of nitrogens with zero attached hydrogens (tertiary/aromatic N) is 4. The molecular formula is C25H32N6O2. The van der Waals surface area contributed by atoms with Crippen LogP contribution in [0, 0.1) is 19.8 Å². The summed E-state index contributed by atoms with van der Waals surface area (Å²) in [5.74, 6) is 0.259. The molecule has 3 aromatic rings. The molecule has 0 radical (unpaired) electrons. The van der Waals surface area contributed by atoms with Gasteiger partial charge in [-0.25, -0.2) is 0 Å². The van der Waals surface area contributed by atoms with Gasteiger partial charge in [-0.15, -0.1) is 0 Å². The van der Waals surface area contributed by atoms with Crippen molar-refractivity contribution in [3.05, 3.63) is 59.0 Å². The lowest BCUT2D eigenvalue weighted by molar-refractivity contribution is -0.120. The number of rotatable bonds is 7. The SMILES string of the molecule is Cc1nn(CCc2ccccc2)c(C)c1NC(=O)c1cc(NC(=O)C2CCCCC2)n(C)n1. The molecular weight excluding hydrogens is 416 g/mol. The van der Waals surface area contributed by atoms with E-state index in [1.807, 2.05) is 36.7 Å². The van der Waals surface area contributed by atoms with E-state index in [2.05, 4.69) is 33.0 Å². The number of hydrogen-bond donors (Lipinski definition) is 2. The van der Waals surface area contributed by atoms with E-state index in [0.717, 1.165) is 50.0 Å². The summed E-state index contributed by atoms with van der Waals surface area (Å²) >= 11 is 0. The van der Waals surface area contributed by atoms with Crippen molar-refractivity contribution in [2.75, 3.05) is 10.6 Å². The highest BCUT2D eigenvalue weighted by atomic mass is 16.2. The zero-order valence-corrected chi connectivity index (χ0v) is 19.6. The van der Waals surface area contributed by atoms with Crippen LogP contribution < -0.4 is 10.6 Å². The Morgan fingerprint density at radius 3 is 2.48 bits per heavy atom. The van der Waals surface area contributed by atoms with Crippen LogP contribution in [0.3, 0.4) is 0 Å². The van der Waals surface area contributed by atoms with E-state index in [1.54, 1.807) is 17.8 Å². The second-order valence-corrected chi connectivity index (χ2v) is 8.82. The molecule has 2 aromatic heterocycles. The third-order valence-electron chi connectivity index (χ3n) is 6.41. The number of anilines is 2. The molecule has 174 valence electrons. The van der Waals surface area contributed by atoms with E-state index in [1.165, 1.54) is 12.0 Å². The molecule has 1 aliphatic rings. The predicted octanol–water partition coefficient (Wildman–Crippen LogP) is 4.25. The van der Waals surface area contributed by atoms with Gasteiger partial charge in [0, 0.05) is 25.6 Å². The Hall–Kier alpha value is -3.42. The molecule has 2 heterocycles. The summed E-state index contributed by atoms with van der Waals surface area (Å²) < 4.78 is 3.46. The average Bonchev–Trinajstić information content (AvgIpc) is 3.32. The lowest BCUT2D eigenvalue weighted by atomic mass is 9.89. The largest absolute Gasteiger partial charge is 0.317 e. The topological polar surface area (TPSA) is 93.8 Å². The number of benzene rings is 1. The van der Waals surface area contributed by atoms with Crippen LogP contribution in [-0.2, 0) is 24.8 Å². The normalized spacial score (nSPS) is 14.3. The number of amides is 2. The van der Waals surface area contributed by atoms with Crippen molar-refractivity contribution in [3.8, 4) is 0 Å². The smallest absolute Gasteiger partial charge is 0.276 e. The van der Waals surface area contributed by atoms with Gasteiger partial charge in [0.15, 0.2) is 5.69 Å². The predicted molar refractivity (Wildman–Crippen MR) is 128 cm³/mol. The maximum atomic E-state index is 12.9. The maximum Gasteiger partial charge on any atom is 0.276 e. The third kappa shape index (κ3) is 5.32. The van der Waals surface area contributed by atoms with Crippen LogP contribution in [0.5, 0.6) is 0 Å². The van der Waals surface area contributed by atoms with Gasteiger partial charge in [0.2, 0.25) is 5.91 Å². The fraction of sp³-hybridized carbons (Fsp3) is 0.440. The second-order valence-electron chi connectivity index (χ2n) is 8.82. The molecule has 1 aromatic carbocycles. The molecule has 0 bridgehead atoms. The monoisotopic (exact) mass is 448 g/mol. The maximum absolute atomic E-state index is 12.9. The molecule has 8 nitrogen and oxygen atoms in total. The van der Waals surface area contributed by atoms with Gasteiger partial charge in [-0.2, -0.15) is 10.2 Å². The highest BCUT2D eigenvalue weighted by Gasteiger charge is 2.23. The van der Waals surface area contributed by atoms with Crippen LogP contribution in [0.4, 0.5) is 11.5 Å². The van der Waals surface area contributed by atoms with E-state index in [9.17, 15) is 9.59 Å². The Morgan fingerprint density at radius 1 is 1.03 bits per heavy atom. The summed E-state index contributed by atoms with van der Waals surface area (Å²) in [7, 11) is 1.73. The van der Waals surface area contributed by atoms with Crippen molar-refractivity contribution in [1.82, 2.24) is 19.6 Å². The van der Waals surface area contributed by atoms with Gasteiger partial charge in [0.1, 0.15) is 5.82 Å². The minimum Gasteiger partial charge on any atom is -0.317 e. The molecule has 2 amide bonds. The fourth-order valence-corrected chi connectivity index (χ4v) is 4.44. The highest BCUT2D eigenvalue weighted by Crippen LogP contribution is 2.25. The van der Waals surface area contributed by atoms with Crippen molar-refractivity contribution in [2.24, 2.45) is 13.0 Å². The summed E-state index contributed by atoms with van der Waals surface area (Å²) in [5, 5.41) is 14.8. The van der Waals surface area contributed by atoms with Gasteiger partial charge < -0.3 is 10.6 Å². The van der Waals surface area contributed by atoms with E-state index < -0.39 is 0 Å². The van der Waals surface area contributed by atoms with E-state index in [-0.39, 0.29) is 23.4 Å². The first-order valence-electron chi connectivity index (χ1n) is 11.7. The Kier molecular flexibility index (Phi) is 6.91. The van der Waals surface area contributed by atoms with Crippen LogP contribution >= 0.6 is 0 Å². The van der Waals surface area contributed by atoms with Crippen molar-refractivity contribution < 1.29 is 9.59 Å². The molecule has 2 N–H and O–H groups in total. The number of carbonyl (C=O) groups excluding carboxylic acids is 2. The Morgan fingerprint density at radius 2 is 1.76 bits per heavy atom. The molecule has 0 atom stereocenters. The lowest BCUT2D eigenvalue weighted by Crippen LogP contribution is -2.25. The van der Waals surface area contributed by atoms with Gasteiger partial charge in [0.25, 0.3) is 5.91 Å². The fourth-order valence-electron chi connectivity index (χ4n) is 4.44. The molecule has 0 aliphatic heterocycles. The molecule has 8 heteroatoms. The summed E-state index contributed by atoms with van der Waals surface area (Å²) in [4.78, 5) is 25.5. The average molecular weight is 449 g/mol. The van der Waals surface area contributed by atoms with E-state index in [0.29, 0.717) is 11.5 Å². The highest BCUT2D eigenvalue weighted by molar-refractivity contribution is 6.04. The molecule has 1 saturated carbocycles. The summed E-state index contributed by atoms with van der Waals surface area (Å²) in [6.45, 7) is 4.57. The molecule has 1 aliphatic carbocycles. The van der Waals surface area contributed by atoms with Crippen LogP contribution in [0.25, 0.3) is 0 Å². The molecule has 0 spiro atoms. The van der Waals surface area contributed by atoms with Crippen LogP contribution in [0.1, 0.15) is 59.5 Å². The summed E-state index contributed by atoms with van der Waals surface area (Å²) in [5.41, 5.74) is 3.86. The minimum absolute atomic E-state index is 0.0102. The van der Waals surface area contributed by atoms with Gasteiger partial charge in [-0.05, 0) is 38.7 Å². The van der Waals surface area contributed by atoms with Crippen LogP contribution in [0.15, 0.2) is 36.4 Å². The third-order valence-corrected chi connectivity index (χ3v) is 6.41. The molecule has 33 heavy (non-hydrogen) atoms.